The molecule has 7 nitrogen and oxygen atoms in total. The molecular formula is C21H18F3N3O4. The lowest BCUT2D eigenvalue weighted by molar-refractivity contribution is 0.0650. The first kappa shape index (κ1) is 19.7. The highest BCUT2D eigenvalue weighted by Crippen LogP contribution is 2.57. The van der Waals surface area contributed by atoms with Crippen LogP contribution in [-0.4, -0.2) is 39.5 Å². The molecular weight excluding hydrogens is 415 g/mol. The Labute approximate surface area is 174 Å². The van der Waals surface area contributed by atoms with Crippen molar-refractivity contribution in [1.29, 1.82) is 0 Å². The van der Waals surface area contributed by atoms with Crippen LogP contribution in [0.3, 0.4) is 0 Å². The van der Waals surface area contributed by atoms with E-state index in [0.717, 1.165) is 19.3 Å². The Morgan fingerprint density at radius 1 is 1.23 bits per heavy atom. The minimum absolute atomic E-state index is 0.132. The summed E-state index contributed by atoms with van der Waals surface area (Å²) in [6, 6.07) is 0.972. The summed E-state index contributed by atoms with van der Waals surface area (Å²) in [6.07, 6.45) is 3.73. The lowest BCUT2D eigenvalue weighted by Gasteiger charge is -2.36. The van der Waals surface area contributed by atoms with Crippen LogP contribution >= 0.6 is 0 Å². The zero-order valence-electron chi connectivity index (χ0n) is 16.3. The van der Waals surface area contributed by atoms with Gasteiger partial charge in [0, 0.05) is 43.5 Å². The molecule has 10 heteroatoms. The molecule has 2 aliphatic heterocycles. The highest BCUT2D eigenvalue weighted by atomic mass is 19.1. The largest absolute Gasteiger partial charge is 0.503 e. The summed E-state index contributed by atoms with van der Waals surface area (Å²) >= 11 is 0. The molecule has 3 heterocycles. The van der Waals surface area contributed by atoms with Crippen molar-refractivity contribution in [2.45, 2.75) is 31.3 Å². The van der Waals surface area contributed by atoms with Crippen molar-refractivity contribution in [3.05, 3.63) is 62.8 Å². The molecule has 1 saturated heterocycles. The summed E-state index contributed by atoms with van der Waals surface area (Å²) in [5.41, 5.74) is -2.63. The first-order chi connectivity index (χ1) is 14.7. The topological polar surface area (TPSA) is 91.6 Å². The first-order valence-corrected chi connectivity index (χ1v) is 9.93. The van der Waals surface area contributed by atoms with Crippen LogP contribution in [0.2, 0.25) is 0 Å². The number of carbonyl (C=O) groups is 2. The molecule has 162 valence electrons. The van der Waals surface area contributed by atoms with Gasteiger partial charge in [0.2, 0.25) is 5.43 Å². The van der Waals surface area contributed by atoms with Gasteiger partial charge in [-0.25, -0.2) is 13.2 Å². The van der Waals surface area contributed by atoms with E-state index >= 15 is 0 Å². The van der Waals surface area contributed by atoms with Crippen LogP contribution in [0.4, 0.5) is 13.2 Å². The molecule has 3 aliphatic rings. The van der Waals surface area contributed by atoms with E-state index in [-0.39, 0.29) is 11.6 Å². The molecule has 2 aromatic rings. The smallest absolute Gasteiger partial charge is 0.274 e. The van der Waals surface area contributed by atoms with Crippen molar-refractivity contribution in [2.24, 2.45) is 5.92 Å². The molecule has 1 aliphatic carbocycles. The lowest BCUT2D eigenvalue weighted by atomic mass is 10.0. The Bertz CT molecular complexity index is 1190. The maximum absolute atomic E-state index is 13.8. The Morgan fingerprint density at radius 2 is 1.94 bits per heavy atom. The van der Waals surface area contributed by atoms with Crippen molar-refractivity contribution in [2.75, 3.05) is 13.1 Å². The lowest BCUT2D eigenvalue weighted by Crippen LogP contribution is -2.49. The van der Waals surface area contributed by atoms with E-state index in [2.05, 4.69) is 5.32 Å². The van der Waals surface area contributed by atoms with E-state index in [1.807, 2.05) is 0 Å². The normalized spacial score (nSPS) is 23.6. The molecule has 2 bridgehead atoms. The minimum Gasteiger partial charge on any atom is -0.503 e. The molecule has 2 fully saturated rings. The van der Waals surface area contributed by atoms with Gasteiger partial charge in [-0.1, -0.05) is 0 Å². The van der Waals surface area contributed by atoms with Crippen LogP contribution in [0.25, 0.3) is 0 Å². The summed E-state index contributed by atoms with van der Waals surface area (Å²) in [4.78, 5) is 39.7. The van der Waals surface area contributed by atoms with Crippen LogP contribution in [0.1, 0.15) is 45.7 Å². The summed E-state index contributed by atoms with van der Waals surface area (Å²) < 4.78 is 42.3. The fraction of sp³-hybridized carbons (Fsp3) is 0.381. The maximum atomic E-state index is 13.8. The monoisotopic (exact) mass is 433 g/mol. The molecule has 0 radical (unpaired) electrons. The number of benzene rings is 1. The maximum Gasteiger partial charge on any atom is 0.274 e. The number of nitrogens with zero attached hydrogens (tertiary/aromatic N) is 2. The van der Waals surface area contributed by atoms with Gasteiger partial charge in [-0.05, 0) is 25.2 Å². The van der Waals surface area contributed by atoms with Crippen LogP contribution in [0, 0.1) is 23.4 Å². The van der Waals surface area contributed by atoms with Gasteiger partial charge in [-0.15, -0.1) is 0 Å². The zero-order chi connectivity index (χ0) is 22.1. The van der Waals surface area contributed by atoms with Crippen LogP contribution in [0.15, 0.2) is 23.1 Å². The third-order valence-electron chi connectivity index (χ3n) is 6.57. The Kier molecular flexibility index (Phi) is 4.18. The Hall–Kier alpha value is -3.30. The van der Waals surface area contributed by atoms with Gasteiger partial charge in [0.1, 0.15) is 23.0 Å². The van der Waals surface area contributed by atoms with Gasteiger partial charge in [0.25, 0.3) is 11.8 Å². The predicted molar refractivity (Wildman–Crippen MR) is 101 cm³/mol. The van der Waals surface area contributed by atoms with Crippen LogP contribution < -0.4 is 10.7 Å². The van der Waals surface area contributed by atoms with E-state index in [9.17, 15) is 32.7 Å². The van der Waals surface area contributed by atoms with Gasteiger partial charge in [-0.2, -0.15) is 0 Å². The number of aromatic nitrogens is 1. The number of halogens is 3. The second kappa shape index (κ2) is 6.60. The first-order valence-electron chi connectivity index (χ1n) is 9.93. The number of hydrogen-bond donors (Lipinski definition) is 2. The average molecular weight is 433 g/mol. The van der Waals surface area contributed by atoms with E-state index in [1.165, 1.54) is 10.8 Å². The highest BCUT2D eigenvalue weighted by Gasteiger charge is 2.61. The molecule has 1 aromatic heterocycles. The molecule has 1 saturated carbocycles. The molecule has 31 heavy (non-hydrogen) atoms. The third kappa shape index (κ3) is 2.84. The second-order valence-electron chi connectivity index (χ2n) is 8.34. The van der Waals surface area contributed by atoms with E-state index in [0.29, 0.717) is 25.2 Å². The number of aromatic hydroxyl groups is 1. The van der Waals surface area contributed by atoms with Crippen molar-refractivity contribution in [3.8, 4) is 5.75 Å². The number of rotatable bonds is 3. The SMILES string of the molecule is O=C(NCc1c(F)cc(F)cc1F)c1cn2c(c(O)c1=O)C(=O)N1CCCC3CC32C1. The van der Waals surface area contributed by atoms with Crippen LogP contribution in [-0.2, 0) is 12.1 Å². The minimum atomic E-state index is -1.17. The van der Waals surface area contributed by atoms with Crippen LogP contribution in [0.5, 0.6) is 5.75 Å². The molecule has 2 amide bonds. The summed E-state index contributed by atoms with van der Waals surface area (Å²) in [5.74, 6) is -5.41. The Balaban J connectivity index is 1.51. The van der Waals surface area contributed by atoms with Crippen molar-refractivity contribution >= 4 is 11.8 Å². The number of amides is 2. The van der Waals surface area contributed by atoms with Gasteiger partial charge in [-0.3, -0.25) is 14.4 Å². The molecule has 2 atom stereocenters. The molecule has 1 aromatic carbocycles. The average Bonchev–Trinajstić information content (AvgIpc) is 3.41. The third-order valence-corrected chi connectivity index (χ3v) is 6.57. The predicted octanol–water partition coefficient (Wildman–Crippen LogP) is 1.87. The highest BCUT2D eigenvalue weighted by molar-refractivity contribution is 5.99. The fourth-order valence-electron chi connectivity index (χ4n) is 4.89. The molecule has 2 N–H and O–H groups in total. The molecule has 1 spiro atoms. The summed E-state index contributed by atoms with van der Waals surface area (Å²) in [7, 11) is 0. The van der Waals surface area contributed by atoms with Gasteiger partial charge in [0.05, 0.1) is 5.54 Å². The number of carbonyl (C=O) groups excluding carboxylic acids is 2. The number of hydrogen-bond acceptors (Lipinski definition) is 4. The molecule has 5 rings (SSSR count). The van der Waals surface area contributed by atoms with Gasteiger partial charge in [0.15, 0.2) is 11.4 Å². The van der Waals surface area contributed by atoms with Gasteiger partial charge >= 0.3 is 0 Å². The van der Waals surface area contributed by atoms with E-state index in [1.54, 1.807) is 4.90 Å². The molecule has 2 unspecified atom stereocenters. The number of nitrogens with one attached hydrogen (secondary N) is 1. The number of pyridine rings is 1. The second-order valence-corrected chi connectivity index (χ2v) is 8.34. The summed E-state index contributed by atoms with van der Waals surface area (Å²) in [6.45, 7) is 0.361. The zero-order valence-corrected chi connectivity index (χ0v) is 16.3. The summed E-state index contributed by atoms with van der Waals surface area (Å²) in [5, 5.41) is 12.7. The van der Waals surface area contributed by atoms with Gasteiger partial charge < -0.3 is 19.9 Å². The van der Waals surface area contributed by atoms with Crippen molar-refractivity contribution < 1.29 is 27.9 Å². The van der Waals surface area contributed by atoms with E-state index < -0.39 is 63.7 Å². The van der Waals surface area contributed by atoms with Crippen molar-refractivity contribution in [3.63, 3.8) is 0 Å². The quantitative estimate of drug-likeness (QED) is 0.773. The number of fused-ring (bicyclic) bond motifs is 2. The van der Waals surface area contributed by atoms with Crippen molar-refractivity contribution in [1.82, 2.24) is 14.8 Å². The van der Waals surface area contributed by atoms with E-state index in [4.69, 9.17) is 0 Å². The standard InChI is InChI=1S/C21H18F3N3O4/c22-11-4-14(23)12(15(24)5-11)7-25-19(30)13-8-27-16(18(29)17(13)28)20(31)26-3-1-2-10-6-21(10,27)9-26/h4-5,8,10,29H,1-3,6-7,9H2,(H,25,30). The Morgan fingerprint density at radius 3 is 2.65 bits per heavy atom. The fourth-order valence-corrected chi connectivity index (χ4v) is 4.89.